The number of carbonyl (C=O) groups is 1. The van der Waals surface area contributed by atoms with Gasteiger partial charge in [-0.05, 0) is 19.4 Å². The van der Waals surface area contributed by atoms with Crippen LogP contribution in [0.5, 0.6) is 0 Å². The molecule has 2 nitrogen and oxygen atoms in total. The molecule has 0 aliphatic rings. The first-order valence-corrected chi connectivity index (χ1v) is 4.82. The van der Waals surface area contributed by atoms with Crippen LogP contribution in [-0.2, 0) is 0 Å². The van der Waals surface area contributed by atoms with E-state index in [1.54, 1.807) is 12.3 Å². The monoisotopic (exact) mass is 180 g/mol. The predicted octanol–water partition coefficient (Wildman–Crippen LogP) is 3.35. The maximum absolute atomic E-state index is 11.5. The number of unbranched alkanes of at least 4 members (excludes halogenated alkanes) is 2. The van der Waals surface area contributed by atoms with E-state index in [-0.39, 0.29) is 5.78 Å². The number of aryl methyl sites for hydroxylation is 1. The average Bonchev–Trinajstić information content (AvgIpc) is 2.52. The molecule has 0 amide bonds. The van der Waals surface area contributed by atoms with Crippen LogP contribution in [-0.4, -0.2) is 5.78 Å². The van der Waals surface area contributed by atoms with Gasteiger partial charge < -0.3 is 4.42 Å². The summed E-state index contributed by atoms with van der Waals surface area (Å²) in [6, 6.07) is 1.80. The van der Waals surface area contributed by atoms with Crippen LogP contribution in [0.3, 0.4) is 0 Å². The SMILES string of the molecule is CCCCCC(=O)c1coc(C)c1. The van der Waals surface area contributed by atoms with Crippen molar-refractivity contribution in [1.29, 1.82) is 0 Å². The summed E-state index contributed by atoms with van der Waals surface area (Å²) in [5.74, 6) is 1.00. The summed E-state index contributed by atoms with van der Waals surface area (Å²) in [4.78, 5) is 11.5. The van der Waals surface area contributed by atoms with Crippen LogP contribution >= 0.6 is 0 Å². The van der Waals surface area contributed by atoms with Crippen LogP contribution in [0.1, 0.15) is 48.7 Å². The zero-order valence-corrected chi connectivity index (χ0v) is 8.30. The lowest BCUT2D eigenvalue weighted by Gasteiger charge is -1.95. The van der Waals surface area contributed by atoms with E-state index in [2.05, 4.69) is 6.92 Å². The Bertz CT molecular complexity index is 273. The Morgan fingerprint density at radius 2 is 2.23 bits per heavy atom. The van der Waals surface area contributed by atoms with Gasteiger partial charge in [-0.3, -0.25) is 4.79 Å². The average molecular weight is 180 g/mol. The fourth-order valence-corrected chi connectivity index (χ4v) is 1.27. The number of carbonyl (C=O) groups excluding carboxylic acids is 1. The van der Waals surface area contributed by atoms with E-state index < -0.39 is 0 Å². The van der Waals surface area contributed by atoms with Crippen molar-refractivity contribution in [2.45, 2.75) is 39.5 Å². The van der Waals surface area contributed by atoms with Crippen LogP contribution < -0.4 is 0 Å². The molecule has 0 saturated heterocycles. The summed E-state index contributed by atoms with van der Waals surface area (Å²) in [7, 11) is 0. The van der Waals surface area contributed by atoms with Gasteiger partial charge in [-0.1, -0.05) is 19.8 Å². The molecule has 1 rings (SSSR count). The Labute approximate surface area is 78.9 Å². The molecule has 0 saturated carbocycles. The van der Waals surface area contributed by atoms with Crippen molar-refractivity contribution < 1.29 is 9.21 Å². The molecule has 1 aromatic heterocycles. The van der Waals surface area contributed by atoms with Crippen molar-refractivity contribution in [1.82, 2.24) is 0 Å². The summed E-state index contributed by atoms with van der Waals surface area (Å²) in [6.07, 6.45) is 5.45. The lowest BCUT2D eigenvalue weighted by Crippen LogP contribution is -1.96. The van der Waals surface area contributed by atoms with Crippen LogP contribution in [0.2, 0.25) is 0 Å². The maximum Gasteiger partial charge on any atom is 0.166 e. The van der Waals surface area contributed by atoms with E-state index in [0.717, 1.165) is 25.0 Å². The highest BCUT2D eigenvalue weighted by atomic mass is 16.3. The van der Waals surface area contributed by atoms with Gasteiger partial charge in [0.05, 0.1) is 5.56 Å². The smallest absolute Gasteiger partial charge is 0.166 e. The van der Waals surface area contributed by atoms with E-state index >= 15 is 0 Å². The summed E-state index contributed by atoms with van der Waals surface area (Å²) >= 11 is 0. The second-order valence-corrected chi connectivity index (χ2v) is 3.33. The highest BCUT2D eigenvalue weighted by Gasteiger charge is 2.07. The van der Waals surface area contributed by atoms with E-state index in [4.69, 9.17) is 4.42 Å². The normalized spacial score (nSPS) is 10.3. The number of rotatable bonds is 5. The molecule has 0 atom stereocenters. The molecule has 0 aromatic carbocycles. The zero-order valence-electron chi connectivity index (χ0n) is 8.30. The zero-order chi connectivity index (χ0) is 9.68. The van der Waals surface area contributed by atoms with E-state index in [0.29, 0.717) is 12.0 Å². The predicted molar refractivity (Wildman–Crippen MR) is 51.9 cm³/mol. The quantitative estimate of drug-likeness (QED) is 0.513. The van der Waals surface area contributed by atoms with Gasteiger partial charge in [0.1, 0.15) is 12.0 Å². The molecule has 0 unspecified atom stereocenters. The van der Waals surface area contributed by atoms with Crippen molar-refractivity contribution >= 4 is 5.78 Å². The molecule has 0 radical (unpaired) electrons. The van der Waals surface area contributed by atoms with Crippen molar-refractivity contribution in [2.75, 3.05) is 0 Å². The summed E-state index contributed by atoms with van der Waals surface area (Å²) in [5, 5.41) is 0. The second kappa shape index (κ2) is 4.85. The minimum Gasteiger partial charge on any atom is -0.469 e. The summed E-state index contributed by atoms with van der Waals surface area (Å²) in [6.45, 7) is 3.98. The Morgan fingerprint density at radius 1 is 1.46 bits per heavy atom. The van der Waals surface area contributed by atoms with Crippen LogP contribution in [0, 0.1) is 6.92 Å². The number of hydrogen-bond donors (Lipinski definition) is 0. The Kier molecular flexibility index (Phi) is 3.74. The van der Waals surface area contributed by atoms with Crippen molar-refractivity contribution in [2.24, 2.45) is 0 Å². The lowest BCUT2D eigenvalue weighted by molar-refractivity contribution is 0.0978. The molecular formula is C11H16O2. The maximum atomic E-state index is 11.5. The third-order valence-corrected chi connectivity index (χ3v) is 2.06. The van der Waals surface area contributed by atoms with E-state index in [1.807, 2.05) is 6.92 Å². The molecule has 0 aliphatic heterocycles. The van der Waals surface area contributed by atoms with Gasteiger partial charge in [-0.15, -0.1) is 0 Å². The van der Waals surface area contributed by atoms with Crippen molar-refractivity contribution in [3.8, 4) is 0 Å². The standard InChI is InChI=1S/C11H16O2/c1-3-4-5-6-11(12)10-7-9(2)13-8-10/h7-8H,3-6H2,1-2H3. The first-order valence-electron chi connectivity index (χ1n) is 4.82. The van der Waals surface area contributed by atoms with E-state index in [1.165, 1.54) is 0 Å². The first-order chi connectivity index (χ1) is 6.24. The first kappa shape index (κ1) is 10.0. The van der Waals surface area contributed by atoms with E-state index in [9.17, 15) is 4.79 Å². The highest BCUT2D eigenvalue weighted by Crippen LogP contribution is 2.11. The third-order valence-electron chi connectivity index (χ3n) is 2.06. The molecule has 72 valence electrons. The van der Waals surface area contributed by atoms with Crippen LogP contribution in [0.4, 0.5) is 0 Å². The minimum absolute atomic E-state index is 0.199. The molecule has 0 aliphatic carbocycles. The molecule has 2 heteroatoms. The molecule has 13 heavy (non-hydrogen) atoms. The topological polar surface area (TPSA) is 30.2 Å². The molecule has 0 spiro atoms. The highest BCUT2D eigenvalue weighted by molar-refractivity contribution is 5.95. The molecule has 1 heterocycles. The third kappa shape index (κ3) is 3.05. The number of Topliss-reactive ketones (excluding diaryl/α,β-unsaturated/α-hetero) is 1. The fraction of sp³-hybridized carbons (Fsp3) is 0.545. The van der Waals surface area contributed by atoms with Crippen LogP contribution in [0.25, 0.3) is 0 Å². The van der Waals surface area contributed by atoms with Gasteiger partial charge in [-0.2, -0.15) is 0 Å². The Balaban J connectivity index is 2.40. The number of ketones is 1. The molecule has 1 aromatic rings. The summed E-state index contributed by atoms with van der Waals surface area (Å²) < 4.78 is 5.07. The van der Waals surface area contributed by atoms with Gasteiger partial charge in [0.2, 0.25) is 0 Å². The minimum atomic E-state index is 0.199. The lowest BCUT2D eigenvalue weighted by atomic mass is 10.1. The van der Waals surface area contributed by atoms with Crippen LogP contribution in [0.15, 0.2) is 16.7 Å². The summed E-state index contributed by atoms with van der Waals surface area (Å²) in [5.41, 5.74) is 0.716. The Hall–Kier alpha value is -1.05. The van der Waals surface area contributed by atoms with Gasteiger partial charge in [0.25, 0.3) is 0 Å². The molecular weight excluding hydrogens is 164 g/mol. The molecule has 0 bridgehead atoms. The largest absolute Gasteiger partial charge is 0.469 e. The fourth-order valence-electron chi connectivity index (χ4n) is 1.27. The second-order valence-electron chi connectivity index (χ2n) is 3.33. The molecule has 0 N–H and O–H groups in total. The van der Waals surface area contributed by atoms with Gasteiger partial charge in [0, 0.05) is 6.42 Å². The number of furan rings is 1. The Morgan fingerprint density at radius 3 is 2.77 bits per heavy atom. The number of hydrogen-bond acceptors (Lipinski definition) is 2. The van der Waals surface area contributed by atoms with Gasteiger partial charge in [0.15, 0.2) is 5.78 Å². The van der Waals surface area contributed by atoms with Crippen molar-refractivity contribution in [3.05, 3.63) is 23.7 Å². The van der Waals surface area contributed by atoms with Crippen molar-refractivity contribution in [3.63, 3.8) is 0 Å². The van der Waals surface area contributed by atoms with Gasteiger partial charge >= 0.3 is 0 Å². The van der Waals surface area contributed by atoms with Gasteiger partial charge in [-0.25, -0.2) is 0 Å². The molecule has 0 fully saturated rings.